The average Bonchev–Trinajstić information content (AvgIpc) is 1.68. The molecule has 0 rings (SSSR count). The van der Waals surface area contributed by atoms with E-state index in [2.05, 4.69) is 20.9 Å². The quantitative estimate of drug-likeness (QED) is 0.639. The third-order valence-electron chi connectivity index (χ3n) is 0.461. The van der Waals surface area contributed by atoms with Crippen molar-refractivity contribution in [3.63, 3.8) is 0 Å². The van der Waals surface area contributed by atoms with Gasteiger partial charge in [-0.05, 0) is 11.8 Å². The zero-order chi connectivity index (χ0) is 5.91. The summed E-state index contributed by atoms with van der Waals surface area (Å²) in [6.45, 7) is -2.82. The van der Waals surface area contributed by atoms with Gasteiger partial charge in [-0.3, -0.25) is 0 Å². The van der Waals surface area contributed by atoms with Gasteiger partial charge in [-0.2, -0.15) is 0 Å². The van der Waals surface area contributed by atoms with E-state index in [9.17, 15) is 0 Å². The van der Waals surface area contributed by atoms with E-state index in [4.69, 9.17) is 4.89 Å². The first-order chi connectivity index (χ1) is 3.12. The zero-order valence-corrected chi connectivity index (χ0v) is 7.05. The molecule has 0 saturated carbocycles. The molecule has 8 heavy (non-hydrogen) atoms. The smallest absolute Gasteiger partial charge is 0.323 e. The fourth-order valence-corrected chi connectivity index (χ4v) is 0.224. The van der Waals surface area contributed by atoms with Crippen LogP contribution in [0.25, 0.3) is 0 Å². The highest BCUT2D eigenvalue weighted by Crippen LogP contribution is 2.40. The maximum atomic E-state index is 8.61. The van der Waals surface area contributed by atoms with E-state index < -0.39 is 6.72 Å². The molecule has 0 unspecified atom stereocenters. The molecular formula is C2H8ClO3PS. The highest BCUT2D eigenvalue weighted by atomic mass is 35.5. The first-order valence-corrected chi connectivity index (χ1v) is 4.16. The zero-order valence-electron chi connectivity index (χ0n) is 4.53. The lowest BCUT2D eigenvalue weighted by molar-refractivity contribution is 0.267. The molecule has 0 aliphatic rings. The number of hydrogen-bond acceptors (Lipinski definition) is 3. The van der Waals surface area contributed by atoms with E-state index in [0.29, 0.717) is 0 Å². The fourth-order valence-electron chi connectivity index (χ4n) is 0.0745. The van der Waals surface area contributed by atoms with E-state index >= 15 is 0 Å². The van der Waals surface area contributed by atoms with Gasteiger partial charge in [0.25, 0.3) is 0 Å². The second-order valence-corrected chi connectivity index (χ2v) is 3.89. The molecule has 0 aromatic rings. The topological polar surface area (TPSA) is 38.7 Å². The first kappa shape index (κ1) is 11.6. The van der Waals surface area contributed by atoms with Crippen LogP contribution < -0.4 is 0 Å². The minimum atomic E-state index is -2.82. The van der Waals surface area contributed by atoms with Crippen LogP contribution in [-0.2, 0) is 20.9 Å². The van der Waals surface area contributed by atoms with Gasteiger partial charge in [0.05, 0.1) is 0 Å². The fraction of sp³-hybridized carbons (Fsp3) is 1.00. The van der Waals surface area contributed by atoms with Crippen LogP contribution in [0.2, 0.25) is 0 Å². The number of hydrogen-bond donors (Lipinski definition) is 1. The van der Waals surface area contributed by atoms with Gasteiger partial charge in [0.1, 0.15) is 0 Å². The summed E-state index contributed by atoms with van der Waals surface area (Å²) in [5, 5.41) is 0. The molecule has 52 valence electrons. The molecule has 0 amide bonds. The van der Waals surface area contributed by atoms with Crippen LogP contribution in [0, 0.1) is 0 Å². The Labute approximate surface area is 59.7 Å². The molecule has 0 atom stereocenters. The molecule has 0 radical (unpaired) electrons. The Hall–Kier alpha value is 0.820. The molecule has 1 N–H and O–H groups in total. The minimum Gasteiger partial charge on any atom is -0.324 e. The van der Waals surface area contributed by atoms with E-state index in [0.717, 1.165) is 0 Å². The lowest BCUT2D eigenvalue weighted by atomic mass is 11.8. The van der Waals surface area contributed by atoms with Crippen LogP contribution in [0.3, 0.4) is 0 Å². The Kier molecular flexibility index (Phi) is 6.78. The van der Waals surface area contributed by atoms with Crippen LogP contribution in [0.15, 0.2) is 0 Å². The predicted molar refractivity (Wildman–Crippen MR) is 37.8 cm³/mol. The van der Waals surface area contributed by atoms with E-state index in [1.807, 2.05) is 0 Å². The van der Waals surface area contributed by atoms with Gasteiger partial charge < -0.3 is 13.9 Å². The van der Waals surface area contributed by atoms with Crippen molar-refractivity contribution in [2.45, 2.75) is 0 Å². The monoisotopic (exact) mass is 178 g/mol. The largest absolute Gasteiger partial charge is 0.324 e. The summed E-state index contributed by atoms with van der Waals surface area (Å²) >= 11 is 4.37. The molecule has 0 aliphatic carbocycles. The summed E-state index contributed by atoms with van der Waals surface area (Å²) in [5.41, 5.74) is 0. The van der Waals surface area contributed by atoms with Gasteiger partial charge >= 0.3 is 6.72 Å². The number of halogens is 1. The van der Waals surface area contributed by atoms with Crippen LogP contribution >= 0.6 is 19.1 Å². The van der Waals surface area contributed by atoms with Gasteiger partial charge in [-0.25, -0.2) is 0 Å². The summed E-state index contributed by atoms with van der Waals surface area (Å²) in [4.78, 5) is 8.61. The second-order valence-electron chi connectivity index (χ2n) is 0.834. The van der Waals surface area contributed by atoms with Crippen LogP contribution in [0.5, 0.6) is 0 Å². The van der Waals surface area contributed by atoms with Crippen molar-refractivity contribution in [1.29, 1.82) is 0 Å². The molecule has 0 bridgehead atoms. The van der Waals surface area contributed by atoms with Crippen molar-refractivity contribution < 1.29 is 13.9 Å². The maximum absolute atomic E-state index is 8.61. The predicted octanol–water partition coefficient (Wildman–Crippen LogP) is 0.918. The lowest BCUT2D eigenvalue weighted by Gasteiger charge is -2.06. The van der Waals surface area contributed by atoms with Crippen LogP contribution in [-0.4, -0.2) is 19.1 Å². The second kappa shape index (κ2) is 4.68. The van der Waals surface area contributed by atoms with Crippen molar-refractivity contribution in [1.82, 2.24) is 0 Å². The Morgan fingerprint density at radius 2 is 1.62 bits per heavy atom. The summed E-state index contributed by atoms with van der Waals surface area (Å²) in [7, 11) is 2.62. The van der Waals surface area contributed by atoms with Gasteiger partial charge in [-0.15, -0.1) is 12.4 Å². The molecular weight excluding hydrogens is 171 g/mol. The number of rotatable bonds is 2. The van der Waals surface area contributed by atoms with Crippen molar-refractivity contribution in [3.05, 3.63) is 0 Å². The molecule has 0 fully saturated rings. The van der Waals surface area contributed by atoms with Gasteiger partial charge in [0.15, 0.2) is 0 Å². The Bertz CT molecular complexity index is 89.3. The summed E-state index contributed by atoms with van der Waals surface area (Å²) in [6.07, 6.45) is 0. The summed E-state index contributed by atoms with van der Waals surface area (Å²) in [5.74, 6) is 0. The Morgan fingerprint density at radius 1 is 1.38 bits per heavy atom. The third-order valence-corrected chi connectivity index (χ3v) is 2.28. The van der Waals surface area contributed by atoms with Crippen molar-refractivity contribution in [3.8, 4) is 0 Å². The van der Waals surface area contributed by atoms with Crippen LogP contribution in [0.1, 0.15) is 0 Å². The van der Waals surface area contributed by atoms with E-state index in [-0.39, 0.29) is 12.4 Å². The van der Waals surface area contributed by atoms with Crippen molar-refractivity contribution in [2.24, 2.45) is 0 Å². The summed E-state index contributed by atoms with van der Waals surface area (Å²) in [6, 6.07) is 0. The molecule has 3 nitrogen and oxygen atoms in total. The van der Waals surface area contributed by atoms with E-state index in [1.165, 1.54) is 14.2 Å². The standard InChI is InChI=1S/C2H7O3PS.ClH/c1-4-6(3,7)5-2;/h1-2H3,(H,3,7);1H. The molecule has 0 aliphatic heterocycles. The normalized spacial score (nSPS) is 10.4. The average molecular weight is 179 g/mol. The van der Waals surface area contributed by atoms with Crippen molar-refractivity contribution in [2.75, 3.05) is 14.2 Å². The SMILES string of the molecule is COP(O)(=S)OC.Cl. The first-order valence-electron chi connectivity index (χ1n) is 1.56. The Morgan fingerprint density at radius 3 is 1.62 bits per heavy atom. The highest BCUT2D eigenvalue weighted by Gasteiger charge is 2.06. The molecule has 0 heterocycles. The molecule has 0 saturated heterocycles. The molecule has 0 spiro atoms. The summed E-state index contributed by atoms with van der Waals surface area (Å²) < 4.78 is 8.69. The Balaban J connectivity index is 0. The molecule has 0 aromatic carbocycles. The maximum Gasteiger partial charge on any atom is 0.323 e. The van der Waals surface area contributed by atoms with Gasteiger partial charge in [-0.1, -0.05) is 0 Å². The van der Waals surface area contributed by atoms with Gasteiger partial charge in [0, 0.05) is 14.2 Å². The molecule has 0 aromatic heterocycles. The van der Waals surface area contributed by atoms with E-state index in [1.54, 1.807) is 0 Å². The van der Waals surface area contributed by atoms with Gasteiger partial charge in [0.2, 0.25) is 0 Å². The van der Waals surface area contributed by atoms with Crippen molar-refractivity contribution >= 4 is 30.9 Å². The minimum absolute atomic E-state index is 0. The third kappa shape index (κ3) is 4.97. The highest BCUT2D eigenvalue weighted by molar-refractivity contribution is 8.07. The lowest BCUT2D eigenvalue weighted by Crippen LogP contribution is -1.82. The molecule has 6 heteroatoms. The van der Waals surface area contributed by atoms with Crippen LogP contribution in [0.4, 0.5) is 0 Å².